The average Bonchev–Trinajstić information content (AvgIpc) is 2.61. The SMILES string of the molecule is CSc1ncc2c(n1)C(CCN)CC2. The molecule has 0 aliphatic heterocycles. The number of thioether (sulfide) groups is 1. The minimum atomic E-state index is 0.573. The van der Waals surface area contributed by atoms with Gasteiger partial charge in [-0.05, 0) is 37.6 Å². The van der Waals surface area contributed by atoms with E-state index in [1.807, 2.05) is 12.5 Å². The molecule has 0 radical (unpaired) electrons. The normalized spacial score (nSPS) is 19.7. The van der Waals surface area contributed by atoms with Crippen molar-refractivity contribution in [2.75, 3.05) is 12.8 Å². The van der Waals surface area contributed by atoms with Gasteiger partial charge in [0.2, 0.25) is 0 Å². The summed E-state index contributed by atoms with van der Waals surface area (Å²) in [6.45, 7) is 0.753. The number of nitrogens with zero attached hydrogens (tertiary/aromatic N) is 2. The Balaban J connectivity index is 2.27. The van der Waals surface area contributed by atoms with Crippen LogP contribution < -0.4 is 5.73 Å². The number of hydrogen-bond acceptors (Lipinski definition) is 4. The highest BCUT2D eigenvalue weighted by Crippen LogP contribution is 2.33. The molecule has 4 heteroatoms. The van der Waals surface area contributed by atoms with E-state index in [0.717, 1.165) is 24.5 Å². The molecule has 14 heavy (non-hydrogen) atoms. The Morgan fingerprint density at radius 1 is 1.64 bits per heavy atom. The van der Waals surface area contributed by atoms with Crippen LogP contribution in [0.3, 0.4) is 0 Å². The summed E-state index contributed by atoms with van der Waals surface area (Å²) in [5.41, 5.74) is 8.15. The van der Waals surface area contributed by atoms with Gasteiger partial charge in [-0.15, -0.1) is 0 Å². The molecule has 0 saturated heterocycles. The van der Waals surface area contributed by atoms with E-state index in [2.05, 4.69) is 9.97 Å². The van der Waals surface area contributed by atoms with Gasteiger partial charge in [0, 0.05) is 12.1 Å². The third kappa shape index (κ3) is 1.77. The van der Waals surface area contributed by atoms with Crippen LogP contribution in [0.5, 0.6) is 0 Å². The molecule has 0 aromatic carbocycles. The molecule has 0 fully saturated rings. The van der Waals surface area contributed by atoms with Crippen LogP contribution in [0, 0.1) is 0 Å². The van der Waals surface area contributed by atoms with Crippen molar-refractivity contribution in [3.63, 3.8) is 0 Å². The smallest absolute Gasteiger partial charge is 0.187 e. The standard InChI is InChI=1S/C10H15N3S/c1-14-10-12-6-8-3-2-7(4-5-11)9(8)13-10/h6-7H,2-5,11H2,1H3. The molecular formula is C10H15N3S. The average molecular weight is 209 g/mol. The fraction of sp³-hybridized carbons (Fsp3) is 0.600. The predicted molar refractivity (Wildman–Crippen MR) is 58.5 cm³/mol. The number of aromatic nitrogens is 2. The van der Waals surface area contributed by atoms with Crippen LogP contribution in [0.1, 0.15) is 30.0 Å². The van der Waals surface area contributed by atoms with Crippen LogP contribution in [-0.4, -0.2) is 22.8 Å². The molecule has 1 heterocycles. The van der Waals surface area contributed by atoms with E-state index in [4.69, 9.17) is 5.73 Å². The first-order chi connectivity index (χ1) is 6.85. The van der Waals surface area contributed by atoms with E-state index in [9.17, 15) is 0 Å². The zero-order chi connectivity index (χ0) is 9.97. The van der Waals surface area contributed by atoms with Gasteiger partial charge in [0.05, 0.1) is 5.69 Å². The highest BCUT2D eigenvalue weighted by Gasteiger charge is 2.23. The summed E-state index contributed by atoms with van der Waals surface area (Å²) in [5.74, 6) is 0.573. The molecular weight excluding hydrogens is 194 g/mol. The number of fused-ring (bicyclic) bond motifs is 1. The van der Waals surface area contributed by atoms with Gasteiger partial charge < -0.3 is 5.73 Å². The van der Waals surface area contributed by atoms with E-state index in [1.54, 1.807) is 11.8 Å². The minimum Gasteiger partial charge on any atom is -0.330 e. The van der Waals surface area contributed by atoms with E-state index in [1.165, 1.54) is 17.7 Å². The minimum absolute atomic E-state index is 0.573. The molecule has 0 amide bonds. The predicted octanol–water partition coefficient (Wildman–Crippen LogP) is 1.58. The van der Waals surface area contributed by atoms with E-state index >= 15 is 0 Å². The lowest BCUT2D eigenvalue weighted by molar-refractivity contribution is 0.610. The van der Waals surface area contributed by atoms with E-state index < -0.39 is 0 Å². The molecule has 1 aliphatic carbocycles. The summed E-state index contributed by atoms with van der Waals surface area (Å²) in [4.78, 5) is 8.85. The summed E-state index contributed by atoms with van der Waals surface area (Å²) in [6, 6.07) is 0. The largest absolute Gasteiger partial charge is 0.330 e. The maximum absolute atomic E-state index is 5.59. The lowest BCUT2D eigenvalue weighted by atomic mass is 10.0. The van der Waals surface area contributed by atoms with Crippen molar-refractivity contribution in [2.45, 2.75) is 30.3 Å². The second kappa shape index (κ2) is 4.28. The maximum Gasteiger partial charge on any atom is 0.187 e. The summed E-state index contributed by atoms with van der Waals surface area (Å²) < 4.78 is 0. The number of nitrogens with two attached hydrogens (primary N) is 1. The zero-order valence-electron chi connectivity index (χ0n) is 8.36. The van der Waals surface area contributed by atoms with E-state index in [0.29, 0.717) is 5.92 Å². The molecule has 1 aromatic rings. The van der Waals surface area contributed by atoms with Gasteiger partial charge in [-0.1, -0.05) is 11.8 Å². The molecule has 2 N–H and O–H groups in total. The van der Waals surface area contributed by atoms with Crippen molar-refractivity contribution in [2.24, 2.45) is 5.73 Å². The molecule has 0 spiro atoms. The molecule has 0 bridgehead atoms. The molecule has 0 saturated carbocycles. The Morgan fingerprint density at radius 2 is 2.50 bits per heavy atom. The van der Waals surface area contributed by atoms with Crippen molar-refractivity contribution in [1.29, 1.82) is 0 Å². The topological polar surface area (TPSA) is 51.8 Å². The second-order valence-corrected chi connectivity index (χ2v) is 4.35. The van der Waals surface area contributed by atoms with Crippen molar-refractivity contribution in [1.82, 2.24) is 9.97 Å². The Bertz CT molecular complexity index is 325. The van der Waals surface area contributed by atoms with Gasteiger partial charge in [0.25, 0.3) is 0 Å². The summed E-state index contributed by atoms with van der Waals surface area (Å²) in [7, 11) is 0. The summed E-state index contributed by atoms with van der Waals surface area (Å²) in [5, 5.41) is 0.882. The fourth-order valence-corrected chi connectivity index (χ4v) is 2.34. The lowest BCUT2D eigenvalue weighted by Crippen LogP contribution is -2.06. The number of aryl methyl sites for hydroxylation is 1. The highest BCUT2D eigenvalue weighted by molar-refractivity contribution is 7.98. The maximum atomic E-state index is 5.59. The van der Waals surface area contributed by atoms with E-state index in [-0.39, 0.29) is 0 Å². The third-order valence-corrected chi connectivity index (χ3v) is 3.28. The molecule has 2 rings (SSSR count). The van der Waals surface area contributed by atoms with Gasteiger partial charge in [-0.2, -0.15) is 0 Å². The first-order valence-corrected chi connectivity index (χ1v) is 6.17. The van der Waals surface area contributed by atoms with Crippen LogP contribution >= 0.6 is 11.8 Å². The van der Waals surface area contributed by atoms with Crippen LogP contribution in [-0.2, 0) is 6.42 Å². The highest BCUT2D eigenvalue weighted by atomic mass is 32.2. The van der Waals surface area contributed by atoms with Gasteiger partial charge in [-0.25, -0.2) is 9.97 Å². The fourth-order valence-electron chi connectivity index (χ4n) is 2.00. The second-order valence-electron chi connectivity index (χ2n) is 3.58. The summed E-state index contributed by atoms with van der Waals surface area (Å²) in [6.07, 6.45) is 7.35. The molecule has 1 unspecified atom stereocenters. The first kappa shape index (κ1) is 9.93. The van der Waals surface area contributed by atoms with Crippen LogP contribution in [0.25, 0.3) is 0 Å². The van der Waals surface area contributed by atoms with Crippen molar-refractivity contribution in [3.8, 4) is 0 Å². The number of hydrogen-bond donors (Lipinski definition) is 1. The monoisotopic (exact) mass is 209 g/mol. The third-order valence-electron chi connectivity index (χ3n) is 2.72. The van der Waals surface area contributed by atoms with Crippen molar-refractivity contribution in [3.05, 3.63) is 17.5 Å². The van der Waals surface area contributed by atoms with Gasteiger partial charge in [0.1, 0.15) is 0 Å². The molecule has 1 aromatic heterocycles. The van der Waals surface area contributed by atoms with Crippen molar-refractivity contribution < 1.29 is 0 Å². The van der Waals surface area contributed by atoms with Crippen LogP contribution in [0.15, 0.2) is 11.4 Å². The molecule has 1 aliphatic rings. The molecule has 1 atom stereocenters. The Hall–Kier alpha value is -0.610. The quantitative estimate of drug-likeness (QED) is 0.606. The van der Waals surface area contributed by atoms with Crippen LogP contribution in [0.4, 0.5) is 0 Å². The Morgan fingerprint density at radius 3 is 3.21 bits per heavy atom. The lowest BCUT2D eigenvalue weighted by Gasteiger charge is -2.08. The van der Waals surface area contributed by atoms with Gasteiger partial charge in [-0.3, -0.25) is 0 Å². The van der Waals surface area contributed by atoms with Crippen molar-refractivity contribution >= 4 is 11.8 Å². The number of rotatable bonds is 3. The Labute approximate surface area is 88.5 Å². The zero-order valence-corrected chi connectivity index (χ0v) is 9.18. The molecule has 3 nitrogen and oxygen atoms in total. The summed E-state index contributed by atoms with van der Waals surface area (Å²) >= 11 is 1.60. The Kier molecular flexibility index (Phi) is 3.03. The van der Waals surface area contributed by atoms with Gasteiger partial charge >= 0.3 is 0 Å². The van der Waals surface area contributed by atoms with Gasteiger partial charge in [0.15, 0.2) is 5.16 Å². The van der Waals surface area contributed by atoms with Crippen LogP contribution in [0.2, 0.25) is 0 Å². The first-order valence-electron chi connectivity index (χ1n) is 4.95. The molecule has 76 valence electrons.